The van der Waals surface area contributed by atoms with Crippen LogP contribution >= 0.6 is 0 Å². The van der Waals surface area contributed by atoms with Gasteiger partial charge in [-0.1, -0.05) is 72.8 Å². The number of benzene rings is 2. The van der Waals surface area contributed by atoms with Crippen molar-refractivity contribution in [3.8, 4) is 0 Å². The van der Waals surface area contributed by atoms with Gasteiger partial charge in [0, 0.05) is 17.5 Å². The van der Waals surface area contributed by atoms with E-state index in [2.05, 4.69) is 62.0 Å². The fraction of sp³-hybridized carbons (Fsp3) is 0.211. The second kappa shape index (κ2) is 5.87. The van der Waals surface area contributed by atoms with E-state index >= 15 is 0 Å². The van der Waals surface area contributed by atoms with Gasteiger partial charge in [-0.3, -0.25) is 0 Å². The third-order valence-corrected chi connectivity index (χ3v) is 3.89. The van der Waals surface area contributed by atoms with Crippen molar-refractivity contribution in [2.75, 3.05) is 0 Å². The van der Waals surface area contributed by atoms with Gasteiger partial charge in [-0.2, -0.15) is 0 Å². The highest BCUT2D eigenvalue weighted by molar-refractivity contribution is 5.81. The highest BCUT2D eigenvalue weighted by Gasteiger charge is 2.31. The van der Waals surface area contributed by atoms with Gasteiger partial charge in [0.2, 0.25) is 0 Å². The van der Waals surface area contributed by atoms with Gasteiger partial charge in [0.05, 0.1) is 0 Å². The molecular weight excluding hydrogens is 242 g/mol. The lowest BCUT2D eigenvalue weighted by Gasteiger charge is -2.33. The highest BCUT2D eigenvalue weighted by atomic mass is 14.4. The molecule has 0 heterocycles. The summed E-state index contributed by atoms with van der Waals surface area (Å²) in [5, 5.41) is 7.77. The summed E-state index contributed by atoms with van der Waals surface area (Å²) < 4.78 is 0. The molecule has 0 saturated carbocycles. The number of rotatable bonds is 5. The Balaban J connectivity index is 2.55. The van der Waals surface area contributed by atoms with Crippen LogP contribution < -0.4 is 0 Å². The zero-order valence-corrected chi connectivity index (χ0v) is 12.2. The van der Waals surface area contributed by atoms with Crippen molar-refractivity contribution in [3.63, 3.8) is 0 Å². The Labute approximate surface area is 121 Å². The molecule has 2 aromatic carbocycles. The average molecular weight is 263 g/mol. The minimum Gasteiger partial charge on any atom is -0.310 e. The first-order chi connectivity index (χ1) is 9.55. The standard InChI is InChI=1S/C19H21N/c1-15(14-16(2)20)19(3,17-10-6-4-7-11-17)18-12-8-5-9-13-18/h4-13,20H,1,14H2,2-3H3. The summed E-state index contributed by atoms with van der Waals surface area (Å²) in [7, 11) is 0. The predicted octanol–water partition coefficient (Wildman–Crippen LogP) is 4.98. The third kappa shape index (κ3) is 2.72. The van der Waals surface area contributed by atoms with Gasteiger partial charge in [-0.15, -0.1) is 0 Å². The van der Waals surface area contributed by atoms with Crippen LogP contribution in [0.15, 0.2) is 72.8 Å². The molecule has 0 fully saturated rings. The summed E-state index contributed by atoms with van der Waals surface area (Å²) >= 11 is 0. The summed E-state index contributed by atoms with van der Waals surface area (Å²) in [5.41, 5.74) is 3.88. The maximum Gasteiger partial charge on any atom is 0.0384 e. The van der Waals surface area contributed by atoms with Crippen LogP contribution in [0.4, 0.5) is 0 Å². The smallest absolute Gasteiger partial charge is 0.0384 e. The summed E-state index contributed by atoms with van der Waals surface area (Å²) in [6.07, 6.45) is 0.625. The summed E-state index contributed by atoms with van der Waals surface area (Å²) in [4.78, 5) is 0. The lowest BCUT2D eigenvalue weighted by molar-refractivity contribution is 0.665. The Morgan fingerprint density at radius 1 is 0.950 bits per heavy atom. The molecule has 0 aliphatic rings. The fourth-order valence-electron chi connectivity index (χ4n) is 2.61. The predicted molar refractivity (Wildman–Crippen MR) is 86.5 cm³/mol. The zero-order chi connectivity index (χ0) is 14.6. The molecule has 0 amide bonds. The van der Waals surface area contributed by atoms with Crippen LogP contribution in [0.1, 0.15) is 31.4 Å². The molecule has 0 saturated heterocycles. The van der Waals surface area contributed by atoms with E-state index in [1.165, 1.54) is 11.1 Å². The van der Waals surface area contributed by atoms with Crippen LogP contribution in [0.3, 0.4) is 0 Å². The SMILES string of the molecule is C=C(CC(C)=N)C(C)(c1ccccc1)c1ccccc1. The first-order valence-corrected chi connectivity index (χ1v) is 6.88. The molecule has 0 bridgehead atoms. The number of hydrogen-bond donors (Lipinski definition) is 1. The quantitative estimate of drug-likeness (QED) is 0.581. The maximum atomic E-state index is 7.77. The normalized spacial score (nSPS) is 11.1. The molecule has 0 aromatic heterocycles. The molecule has 0 radical (unpaired) electrons. The molecule has 2 aromatic rings. The summed E-state index contributed by atoms with van der Waals surface area (Å²) in [5.74, 6) is 0. The van der Waals surface area contributed by atoms with Gasteiger partial charge < -0.3 is 5.41 Å². The van der Waals surface area contributed by atoms with E-state index in [-0.39, 0.29) is 5.41 Å². The van der Waals surface area contributed by atoms with Crippen molar-refractivity contribution in [1.29, 1.82) is 5.41 Å². The number of nitrogens with one attached hydrogen (secondary N) is 1. The van der Waals surface area contributed by atoms with Gasteiger partial charge in [0.25, 0.3) is 0 Å². The molecule has 0 unspecified atom stereocenters. The molecule has 1 nitrogen and oxygen atoms in total. The van der Waals surface area contributed by atoms with Crippen molar-refractivity contribution in [1.82, 2.24) is 0 Å². The van der Waals surface area contributed by atoms with Crippen LogP contribution in [0.2, 0.25) is 0 Å². The van der Waals surface area contributed by atoms with E-state index in [9.17, 15) is 0 Å². The maximum absolute atomic E-state index is 7.77. The molecule has 0 spiro atoms. The Morgan fingerprint density at radius 2 is 1.35 bits per heavy atom. The average Bonchev–Trinajstić information content (AvgIpc) is 2.47. The lowest BCUT2D eigenvalue weighted by Crippen LogP contribution is -2.27. The molecule has 102 valence electrons. The van der Waals surface area contributed by atoms with Crippen LogP contribution in [0.5, 0.6) is 0 Å². The second-order valence-corrected chi connectivity index (χ2v) is 5.42. The van der Waals surface area contributed by atoms with Gasteiger partial charge in [-0.05, 0) is 25.0 Å². The van der Waals surface area contributed by atoms with E-state index in [0.717, 1.165) is 5.57 Å². The molecule has 1 N–H and O–H groups in total. The summed E-state index contributed by atoms with van der Waals surface area (Å²) in [6.45, 7) is 8.31. The van der Waals surface area contributed by atoms with Gasteiger partial charge >= 0.3 is 0 Å². The first kappa shape index (κ1) is 14.3. The van der Waals surface area contributed by atoms with Crippen LogP contribution in [0, 0.1) is 5.41 Å². The molecule has 1 heteroatoms. The van der Waals surface area contributed by atoms with E-state index < -0.39 is 0 Å². The van der Waals surface area contributed by atoms with Gasteiger partial charge in [0.1, 0.15) is 0 Å². The van der Waals surface area contributed by atoms with Gasteiger partial charge in [0.15, 0.2) is 0 Å². The van der Waals surface area contributed by atoms with Gasteiger partial charge in [-0.25, -0.2) is 0 Å². The first-order valence-electron chi connectivity index (χ1n) is 6.88. The Kier molecular flexibility index (Phi) is 4.19. The minimum absolute atomic E-state index is 0.259. The minimum atomic E-state index is -0.259. The molecule has 0 atom stereocenters. The van der Waals surface area contributed by atoms with Crippen molar-refractivity contribution in [2.24, 2.45) is 0 Å². The number of allylic oxidation sites excluding steroid dienone is 1. The van der Waals surface area contributed by atoms with Crippen molar-refractivity contribution in [3.05, 3.63) is 83.9 Å². The second-order valence-electron chi connectivity index (χ2n) is 5.42. The highest BCUT2D eigenvalue weighted by Crippen LogP contribution is 2.39. The molecule has 2 rings (SSSR count). The Morgan fingerprint density at radius 3 is 1.70 bits per heavy atom. The molecule has 0 aliphatic heterocycles. The number of hydrogen-bond acceptors (Lipinski definition) is 1. The van der Waals surface area contributed by atoms with Crippen LogP contribution in [-0.2, 0) is 5.41 Å². The fourth-order valence-corrected chi connectivity index (χ4v) is 2.61. The van der Waals surface area contributed by atoms with Crippen molar-refractivity contribution >= 4 is 5.71 Å². The van der Waals surface area contributed by atoms with Crippen LogP contribution in [0.25, 0.3) is 0 Å². The van der Waals surface area contributed by atoms with Crippen molar-refractivity contribution < 1.29 is 0 Å². The van der Waals surface area contributed by atoms with Crippen molar-refractivity contribution in [2.45, 2.75) is 25.7 Å². The summed E-state index contributed by atoms with van der Waals surface area (Å²) in [6, 6.07) is 20.8. The zero-order valence-electron chi connectivity index (χ0n) is 12.2. The topological polar surface area (TPSA) is 23.9 Å². The Bertz CT molecular complexity index is 557. The van der Waals surface area contributed by atoms with E-state index in [4.69, 9.17) is 5.41 Å². The van der Waals surface area contributed by atoms with E-state index in [0.29, 0.717) is 12.1 Å². The monoisotopic (exact) mass is 263 g/mol. The van der Waals surface area contributed by atoms with E-state index in [1.54, 1.807) is 0 Å². The molecule has 20 heavy (non-hydrogen) atoms. The van der Waals surface area contributed by atoms with Crippen LogP contribution in [-0.4, -0.2) is 5.71 Å². The third-order valence-electron chi connectivity index (χ3n) is 3.89. The molecule has 0 aliphatic carbocycles. The molecular formula is C19H21N. The van der Waals surface area contributed by atoms with E-state index in [1.807, 2.05) is 19.1 Å². The largest absolute Gasteiger partial charge is 0.310 e. The Hall–Kier alpha value is -2.15. The lowest BCUT2D eigenvalue weighted by atomic mass is 9.70.